The first-order chi connectivity index (χ1) is 14.4. The van der Waals surface area contributed by atoms with Crippen LogP contribution in [-0.2, 0) is 11.3 Å². The molecule has 2 aromatic heterocycles. The molecule has 0 atom stereocenters. The van der Waals surface area contributed by atoms with E-state index in [9.17, 15) is 14.3 Å². The third-order valence-corrected chi connectivity index (χ3v) is 5.71. The monoisotopic (exact) mass is 422 g/mol. The molecule has 2 N–H and O–H groups in total. The summed E-state index contributed by atoms with van der Waals surface area (Å²) in [6, 6.07) is 14.4. The van der Waals surface area contributed by atoms with E-state index < -0.39 is 5.97 Å². The van der Waals surface area contributed by atoms with Crippen molar-refractivity contribution >= 4 is 34.7 Å². The Morgan fingerprint density at radius 2 is 1.93 bits per heavy atom. The van der Waals surface area contributed by atoms with E-state index in [4.69, 9.17) is 0 Å². The van der Waals surface area contributed by atoms with Gasteiger partial charge in [-0.15, -0.1) is 5.10 Å². The van der Waals surface area contributed by atoms with Crippen LogP contribution in [0.3, 0.4) is 0 Å². The number of carboxylic acids is 1. The van der Waals surface area contributed by atoms with E-state index in [0.29, 0.717) is 23.1 Å². The number of aromatic nitrogens is 4. The molecule has 0 aliphatic rings. The summed E-state index contributed by atoms with van der Waals surface area (Å²) in [7, 11) is 0. The topological polar surface area (TPSA) is 83.8 Å². The van der Waals surface area contributed by atoms with Crippen molar-refractivity contribution in [3.63, 3.8) is 0 Å². The van der Waals surface area contributed by atoms with Crippen LogP contribution >= 0.6 is 11.8 Å². The fourth-order valence-electron chi connectivity index (χ4n) is 3.37. The molecule has 152 valence electrons. The van der Waals surface area contributed by atoms with Crippen molar-refractivity contribution in [2.24, 2.45) is 0 Å². The smallest absolute Gasteiger partial charge is 0.342 e. The van der Waals surface area contributed by atoms with E-state index in [1.54, 1.807) is 31.2 Å². The SMILES string of the molecule is Cc1nc(S/C(=C\c2c(C)n(Cc3ccccc3F)c3ccccc23)C(=O)O)n[nH]1. The lowest BCUT2D eigenvalue weighted by molar-refractivity contribution is -0.131. The highest BCUT2D eigenvalue weighted by molar-refractivity contribution is 8.04. The minimum atomic E-state index is -1.06. The first-order valence-electron chi connectivity index (χ1n) is 9.27. The number of aliphatic carboxylic acids is 1. The molecule has 8 heteroatoms. The second-order valence-corrected chi connectivity index (χ2v) is 7.82. The molecule has 4 rings (SSSR count). The van der Waals surface area contributed by atoms with Gasteiger partial charge in [-0.1, -0.05) is 36.4 Å². The number of carboxylic acid groups (broad SMARTS) is 1. The summed E-state index contributed by atoms with van der Waals surface area (Å²) in [4.78, 5) is 16.2. The van der Waals surface area contributed by atoms with Gasteiger partial charge in [0.15, 0.2) is 0 Å². The predicted octanol–water partition coefficient (Wildman–Crippen LogP) is 4.78. The molecule has 0 unspecified atom stereocenters. The second kappa shape index (κ2) is 8.16. The van der Waals surface area contributed by atoms with Gasteiger partial charge in [0.25, 0.3) is 0 Å². The Balaban J connectivity index is 1.82. The molecule has 0 aliphatic carbocycles. The number of carbonyl (C=O) groups is 1. The number of benzene rings is 2. The zero-order valence-electron chi connectivity index (χ0n) is 16.4. The van der Waals surface area contributed by atoms with Crippen molar-refractivity contribution in [1.82, 2.24) is 19.7 Å². The molecule has 0 radical (unpaired) electrons. The van der Waals surface area contributed by atoms with Crippen molar-refractivity contribution in [3.8, 4) is 0 Å². The van der Waals surface area contributed by atoms with E-state index in [2.05, 4.69) is 15.2 Å². The number of para-hydroxylation sites is 1. The largest absolute Gasteiger partial charge is 0.477 e. The Morgan fingerprint density at radius 1 is 1.20 bits per heavy atom. The van der Waals surface area contributed by atoms with Crippen LogP contribution in [0.5, 0.6) is 0 Å². The third-order valence-electron chi connectivity index (χ3n) is 4.83. The van der Waals surface area contributed by atoms with Crippen LogP contribution in [-0.4, -0.2) is 30.8 Å². The number of H-pyrrole nitrogens is 1. The molecule has 2 aromatic carbocycles. The Bertz CT molecular complexity index is 1280. The van der Waals surface area contributed by atoms with Crippen LogP contribution < -0.4 is 0 Å². The van der Waals surface area contributed by atoms with Gasteiger partial charge in [0.05, 0.1) is 6.54 Å². The summed E-state index contributed by atoms with van der Waals surface area (Å²) in [5.41, 5.74) is 3.11. The minimum Gasteiger partial charge on any atom is -0.477 e. The Labute approximate surface area is 176 Å². The van der Waals surface area contributed by atoms with Crippen LogP contribution in [0.15, 0.2) is 58.6 Å². The molecule has 0 spiro atoms. The fourth-order valence-corrected chi connectivity index (χ4v) is 4.11. The van der Waals surface area contributed by atoms with Crippen molar-refractivity contribution in [2.45, 2.75) is 25.5 Å². The van der Waals surface area contributed by atoms with Crippen LogP contribution in [0.25, 0.3) is 17.0 Å². The molecule has 0 amide bonds. The molecule has 30 heavy (non-hydrogen) atoms. The maximum Gasteiger partial charge on any atom is 0.342 e. The summed E-state index contributed by atoms with van der Waals surface area (Å²) >= 11 is 0.984. The summed E-state index contributed by atoms with van der Waals surface area (Å²) in [5, 5.41) is 17.7. The number of nitrogens with one attached hydrogen (secondary N) is 1. The van der Waals surface area contributed by atoms with Crippen molar-refractivity contribution < 1.29 is 14.3 Å². The van der Waals surface area contributed by atoms with E-state index in [0.717, 1.165) is 33.9 Å². The summed E-state index contributed by atoms with van der Waals surface area (Å²) in [6.45, 7) is 4.01. The lowest BCUT2D eigenvalue weighted by Crippen LogP contribution is -2.04. The quantitative estimate of drug-likeness (QED) is 0.345. The van der Waals surface area contributed by atoms with Gasteiger partial charge < -0.3 is 9.67 Å². The van der Waals surface area contributed by atoms with Crippen molar-refractivity contribution in [2.75, 3.05) is 0 Å². The van der Waals surface area contributed by atoms with Gasteiger partial charge in [-0.25, -0.2) is 14.2 Å². The molecule has 2 heterocycles. The average Bonchev–Trinajstić information content (AvgIpc) is 3.25. The zero-order valence-corrected chi connectivity index (χ0v) is 17.2. The minimum absolute atomic E-state index is 0.103. The maximum atomic E-state index is 14.3. The second-order valence-electron chi connectivity index (χ2n) is 6.81. The molecule has 0 saturated carbocycles. The van der Waals surface area contributed by atoms with E-state index in [1.165, 1.54) is 6.07 Å². The molecule has 0 saturated heterocycles. The highest BCUT2D eigenvalue weighted by Crippen LogP contribution is 2.32. The Morgan fingerprint density at radius 3 is 2.63 bits per heavy atom. The van der Waals surface area contributed by atoms with Gasteiger partial charge in [0.2, 0.25) is 5.16 Å². The fraction of sp³-hybridized carbons (Fsp3) is 0.136. The lowest BCUT2D eigenvalue weighted by Gasteiger charge is -2.09. The number of aryl methyl sites for hydroxylation is 1. The first kappa shape index (κ1) is 19.9. The normalized spacial score (nSPS) is 11.9. The number of fused-ring (bicyclic) bond motifs is 1. The average molecular weight is 422 g/mol. The van der Waals surface area contributed by atoms with Crippen LogP contribution in [0.2, 0.25) is 0 Å². The number of rotatable bonds is 6. The number of halogens is 1. The van der Waals surface area contributed by atoms with E-state index >= 15 is 0 Å². The van der Waals surface area contributed by atoms with Crippen LogP contribution in [0, 0.1) is 19.7 Å². The van der Waals surface area contributed by atoms with Gasteiger partial charge in [-0.2, -0.15) is 0 Å². The van der Waals surface area contributed by atoms with Crippen LogP contribution in [0.4, 0.5) is 4.39 Å². The lowest BCUT2D eigenvalue weighted by atomic mass is 10.1. The maximum absolute atomic E-state index is 14.3. The molecule has 4 aromatic rings. The summed E-state index contributed by atoms with van der Waals surface area (Å²) < 4.78 is 16.3. The molecular weight excluding hydrogens is 403 g/mol. The van der Waals surface area contributed by atoms with Gasteiger partial charge in [-0.05, 0) is 43.8 Å². The number of thioether (sulfide) groups is 1. The number of hydrogen-bond donors (Lipinski definition) is 2. The van der Waals surface area contributed by atoms with Crippen molar-refractivity contribution in [1.29, 1.82) is 0 Å². The third kappa shape index (κ3) is 3.86. The summed E-state index contributed by atoms with van der Waals surface area (Å²) in [5.74, 6) is -0.721. The van der Waals surface area contributed by atoms with Gasteiger partial charge in [0, 0.05) is 27.7 Å². The zero-order chi connectivity index (χ0) is 21.3. The standard InChI is InChI=1S/C22H19FN4O2S/c1-13-17(11-20(21(28)29)30-22-24-14(2)25-26-22)16-8-4-6-10-19(16)27(13)12-15-7-3-5-9-18(15)23/h3-11H,12H2,1-2H3,(H,28,29)(H,24,25,26)/b20-11-. The highest BCUT2D eigenvalue weighted by Gasteiger charge is 2.18. The van der Waals surface area contributed by atoms with E-state index in [1.807, 2.05) is 35.8 Å². The molecule has 0 aliphatic heterocycles. The Hall–Kier alpha value is -3.39. The van der Waals surface area contributed by atoms with Gasteiger partial charge in [-0.3, -0.25) is 5.10 Å². The number of nitrogens with zero attached hydrogens (tertiary/aromatic N) is 3. The summed E-state index contributed by atoms with van der Waals surface area (Å²) in [6.07, 6.45) is 1.63. The highest BCUT2D eigenvalue weighted by atomic mass is 32.2. The molecule has 0 bridgehead atoms. The molecule has 6 nitrogen and oxygen atoms in total. The first-order valence-corrected chi connectivity index (χ1v) is 10.1. The van der Waals surface area contributed by atoms with E-state index in [-0.39, 0.29) is 10.7 Å². The van der Waals surface area contributed by atoms with Gasteiger partial charge in [0.1, 0.15) is 16.5 Å². The number of hydrogen-bond acceptors (Lipinski definition) is 4. The Kier molecular flexibility index (Phi) is 5.41. The van der Waals surface area contributed by atoms with Gasteiger partial charge >= 0.3 is 5.97 Å². The molecular formula is C22H19FN4O2S. The van der Waals surface area contributed by atoms with Crippen LogP contribution in [0.1, 0.15) is 22.6 Å². The van der Waals surface area contributed by atoms with Crippen molar-refractivity contribution in [3.05, 3.63) is 81.9 Å². The number of aromatic amines is 1. The molecule has 0 fully saturated rings. The predicted molar refractivity (Wildman–Crippen MR) is 115 cm³/mol.